The summed E-state index contributed by atoms with van der Waals surface area (Å²) in [5, 5.41) is 3.08. The summed E-state index contributed by atoms with van der Waals surface area (Å²) < 4.78 is 16.9. The normalized spacial score (nSPS) is 22.1. The zero-order valence-electron chi connectivity index (χ0n) is 25.9. The van der Waals surface area contributed by atoms with Crippen LogP contribution in [0, 0.1) is 5.92 Å². The molecule has 3 aliphatic rings. The minimum absolute atomic E-state index is 0.266. The average molecular weight is 615 g/mol. The Bertz CT molecular complexity index is 1880. The maximum absolute atomic E-state index is 15.1. The van der Waals surface area contributed by atoms with Crippen LogP contribution < -0.4 is 19.5 Å². The van der Waals surface area contributed by atoms with E-state index >= 15 is 9.59 Å². The molecule has 1 amide bonds. The van der Waals surface area contributed by atoms with Gasteiger partial charge in [-0.05, 0) is 77.7 Å². The molecule has 232 valence electrons. The number of hydrogen-bond acceptors (Lipinski definition) is 7. The summed E-state index contributed by atoms with van der Waals surface area (Å²) in [5.74, 6) is -0.612. The van der Waals surface area contributed by atoms with Crippen molar-refractivity contribution in [1.29, 1.82) is 0 Å². The average Bonchev–Trinajstić information content (AvgIpc) is 3.58. The molecule has 3 heterocycles. The van der Waals surface area contributed by atoms with E-state index in [2.05, 4.69) is 5.32 Å². The number of amides is 1. The monoisotopic (exact) mass is 614 g/mol. The fraction of sp³-hybridized carbons (Fsp3) is 0.237. The standard InChI is InChI=1S/C38H34N2O6/c1-4-21-46-25-15-13-24(14-16-25)34(41)32-33(35(42)28-22-26(44-2)17-18-31(28)45-3)40-20-19-23-9-5-6-10-27(23)36(40)38(32)29-11-7-8-12-30(29)39-37(38)43/h5-20,22,32-33,36H,4,21H2,1-3H3,(H,39,43)/t32-,33+,36+,38+/m0/s1. The van der Waals surface area contributed by atoms with Crippen molar-refractivity contribution in [3.05, 3.63) is 125 Å². The highest BCUT2D eigenvalue weighted by Crippen LogP contribution is 2.62. The first-order valence-electron chi connectivity index (χ1n) is 15.4. The van der Waals surface area contributed by atoms with E-state index in [9.17, 15) is 4.79 Å². The molecule has 4 aromatic carbocycles. The number of ether oxygens (including phenoxy) is 3. The second-order valence-corrected chi connectivity index (χ2v) is 11.8. The van der Waals surface area contributed by atoms with Gasteiger partial charge in [-0.15, -0.1) is 0 Å². The number of anilines is 1. The van der Waals surface area contributed by atoms with Gasteiger partial charge in [-0.2, -0.15) is 0 Å². The van der Waals surface area contributed by atoms with Crippen molar-refractivity contribution in [2.75, 3.05) is 26.1 Å². The predicted octanol–water partition coefficient (Wildman–Crippen LogP) is 6.47. The lowest BCUT2D eigenvalue weighted by Crippen LogP contribution is -2.49. The number of methoxy groups -OCH3 is 2. The summed E-state index contributed by atoms with van der Waals surface area (Å²) in [6.07, 6.45) is 4.64. The number of Topliss-reactive ketones (excluding diaryl/α,β-unsaturated/α-hetero) is 2. The topological polar surface area (TPSA) is 94.2 Å². The van der Waals surface area contributed by atoms with E-state index in [0.29, 0.717) is 40.7 Å². The van der Waals surface area contributed by atoms with E-state index in [0.717, 1.165) is 17.5 Å². The van der Waals surface area contributed by atoms with Crippen LogP contribution in [0.15, 0.2) is 97.2 Å². The highest BCUT2D eigenvalue weighted by molar-refractivity contribution is 6.17. The molecule has 0 aromatic heterocycles. The molecule has 0 unspecified atom stereocenters. The Morgan fingerprint density at radius 2 is 1.61 bits per heavy atom. The Hall–Kier alpha value is -5.37. The van der Waals surface area contributed by atoms with Crippen LogP contribution in [0.3, 0.4) is 0 Å². The fourth-order valence-corrected chi connectivity index (χ4v) is 7.45. The Kier molecular flexibility index (Phi) is 7.35. The second-order valence-electron chi connectivity index (χ2n) is 11.8. The Balaban J connectivity index is 1.49. The number of hydrogen-bond donors (Lipinski definition) is 1. The number of carbonyl (C=O) groups is 3. The Morgan fingerprint density at radius 3 is 2.37 bits per heavy atom. The maximum Gasteiger partial charge on any atom is 0.238 e. The lowest BCUT2D eigenvalue weighted by atomic mass is 9.62. The fourth-order valence-electron chi connectivity index (χ4n) is 7.45. The molecule has 7 rings (SSSR count). The molecule has 1 saturated heterocycles. The van der Waals surface area contributed by atoms with Crippen LogP contribution in [0.25, 0.3) is 6.08 Å². The van der Waals surface area contributed by atoms with Crippen molar-refractivity contribution >= 4 is 29.2 Å². The zero-order valence-corrected chi connectivity index (χ0v) is 25.9. The molecule has 4 atom stereocenters. The lowest BCUT2D eigenvalue weighted by molar-refractivity contribution is -0.122. The van der Waals surface area contributed by atoms with Crippen LogP contribution in [0.4, 0.5) is 5.69 Å². The number of ketones is 2. The minimum atomic E-state index is -1.43. The van der Waals surface area contributed by atoms with Crippen LogP contribution in [-0.2, 0) is 10.2 Å². The predicted molar refractivity (Wildman–Crippen MR) is 175 cm³/mol. The molecule has 8 nitrogen and oxygen atoms in total. The number of fused-ring (bicyclic) bond motifs is 6. The number of carbonyl (C=O) groups excluding carboxylic acids is 3. The van der Waals surface area contributed by atoms with Crippen molar-refractivity contribution < 1.29 is 28.6 Å². The van der Waals surface area contributed by atoms with Gasteiger partial charge in [0.2, 0.25) is 5.91 Å². The molecule has 46 heavy (non-hydrogen) atoms. The van der Waals surface area contributed by atoms with Crippen LogP contribution >= 0.6 is 0 Å². The van der Waals surface area contributed by atoms with Gasteiger partial charge in [0.15, 0.2) is 11.6 Å². The van der Waals surface area contributed by atoms with Gasteiger partial charge in [0.25, 0.3) is 0 Å². The van der Waals surface area contributed by atoms with Gasteiger partial charge < -0.3 is 24.4 Å². The first kappa shape index (κ1) is 29.3. The summed E-state index contributed by atoms with van der Waals surface area (Å²) in [6, 6.07) is 25.6. The first-order valence-corrected chi connectivity index (χ1v) is 15.4. The van der Waals surface area contributed by atoms with Gasteiger partial charge in [0.1, 0.15) is 28.7 Å². The third kappa shape index (κ3) is 4.31. The molecule has 0 aliphatic carbocycles. The van der Waals surface area contributed by atoms with Crippen molar-refractivity contribution in [3.8, 4) is 17.2 Å². The summed E-state index contributed by atoms with van der Waals surface area (Å²) in [7, 11) is 3.03. The number of nitrogens with one attached hydrogen (secondary N) is 1. The van der Waals surface area contributed by atoms with Crippen molar-refractivity contribution in [2.45, 2.75) is 30.8 Å². The Morgan fingerprint density at radius 1 is 0.870 bits per heavy atom. The number of para-hydroxylation sites is 1. The van der Waals surface area contributed by atoms with E-state index in [4.69, 9.17) is 14.2 Å². The van der Waals surface area contributed by atoms with Gasteiger partial charge in [0.05, 0.1) is 38.3 Å². The van der Waals surface area contributed by atoms with E-state index in [-0.39, 0.29) is 23.0 Å². The molecule has 1 fully saturated rings. The third-order valence-electron chi connectivity index (χ3n) is 9.41. The molecule has 1 spiro atoms. The number of rotatable bonds is 9. The summed E-state index contributed by atoms with van der Waals surface area (Å²) in [6.45, 7) is 2.58. The molecule has 0 bridgehead atoms. The van der Waals surface area contributed by atoms with E-state index in [1.165, 1.54) is 14.2 Å². The van der Waals surface area contributed by atoms with Gasteiger partial charge >= 0.3 is 0 Å². The molecule has 3 aliphatic heterocycles. The van der Waals surface area contributed by atoms with E-state index in [1.807, 2.05) is 72.6 Å². The molecular formula is C38H34N2O6. The highest BCUT2D eigenvalue weighted by atomic mass is 16.5. The quantitative estimate of drug-likeness (QED) is 0.216. The third-order valence-corrected chi connectivity index (χ3v) is 9.41. The van der Waals surface area contributed by atoms with Crippen LogP contribution in [-0.4, -0.2) is 49.2 Å². The van der Waals surface area contributed by atoms with Crippen molar-refractivity contribution in [3.63, 3.8) is 0 Å². The number of nitrogens with zero attached hydrogens (tertiary/aromatic N) is 1. The van der Waals surface area contributed by atoms with Crippen LogP contribution in [0.2, 0.25) is 0 Å². The highest BCUT2D eigenvalue weighted by Gasteiger charge is 2.70. The number of benzene rings is 4. The van der Waals surface area contributed by atoms with Gasteiger partial charge in [-0.25, -0.2) is 0 Å². The second kappa shape index (κ2) is 11.5. The largest absolute Gasteiger partial charge is 0.497 e. The first-order chi connectivity index (χ1) is 22.4. The lowest BCUT2D eigenvalue weighted by Gasteiger charge is -2.38. The minimum Gasteiger partial charge on any atom is -0.497 e. The molecule has 1 N–H and O–H groups in total. The maximum atomic E-state index is 15.1. The molecule has 0 saturated carbocycles. The van der Waals surface area contributed by atoms with E-state index in [1.54, 1.807) is 42.5 Å². The van der Waals surface area contributed by atoms with Crippen molar-refractivity contribution in [1.82, 2.24) is 4.90 Å². The molecule has 8 heteroatoms. The summed E-state index contributed by atoms with van der Waals surface area (Å²) in [5.41, 5.74) is 2.34. The molecule has 0 radical (unpaired) electrons. The Labute approximate surface area is 267 Å². The van der Waals surface area contributed by atoms with Crippen LogP contribution in [0.1, 0.15) is 56.8 Å². The van der Waals surface area contributed by atoms with Crippen LogP contribution in [0.5, 0.6) is 17.2 Å². The SMILES string of the molecule is CCCOc1ccc(C(=O)[C@@H]2[C@H](C(=O)c3cc(OC)ccc3OC)N3C=Cc4ccccc4[C@@H]3[C@]23C(=O)Nc2ccccc23)cc1. The smallest absolute Gasteiger partial charge is 0.238 e. The zero-order chi connectivity index (χ0) is 32.0. The van der Waals surface area contributed by atoms with E-state index < -0.39 is 23.4 Å². The van der Waals surface area contributed by atoms with Gasteiger partial charge in [-0.1, -0.05) is 49.4 Å². The van der Waals surface area contributed by atoms with Gasteiger partial charge in [-0.3, -0.25) is 14.4 Å². The van der Waals surface area contributed by atoms with Crippen molar-refractivity contribution in [2.24, 2.45) is 5.92 Å². The summed E-state index contributed by atoms with van der Waals surface area (Å²) >= 11 is 0. The molecule has 4 aromatic rings. The van der Waals surface area contributed by atoms with Gasteiger partial charge in [0, 0.05) is 17.5 Å². The molecular weight excluding hydrogens is 580 g/mol. The summed E-state index contributed by atoms with van der Waals surface area (Å²) in [4.78, 5) is 46.7.